The van der Waals surface area contributed by atoms with Crippen LogP contribution in [0.25, 0.3) is 0 Å². The fourth-order valence-corrected chi connectivity index (χ4v) is 1.38. The number of hydrogen-bond donors (Lipinski definition) is 2. The van der Waals surface area contributed by atoms with E-state index in [1.807, 2.05) is 0 Å². The minimum Gasteiger partial charge on any atom is -0.387 e. The number of ketones is 1. The van der Waals surface area contributed by atoms with Gasteiger partial charge in [-0.05, 0) is 32.8 Å². The lowest BCUT2D eigenvalue weighted by Gasteiger charge is -2.39. The Morgan fingerprint density at radius 1 is 1.54 bits per heavy atom. The van der Waals surface area contributed by atoms with E-state index in [0.29, 0.717) is 12.0 Å². The molecule has 0 saturated carbocycles. The Balaban J connectivity index is 2.94. The highest BCUT2D eigenvalue weighted by atomic mass is 16.4. The van der Waals surface area contributed by atoms with Gasteiger partial charge < -0.3 is 10.2 Å². The van der Waals surface area contributed by atoms with Gasteiger partial charge in [0.15, 0.2) is 5.78 Å². The van der Waals surface area contributed by atoms with Crippen molar-refractivity contribution in [1.82, 2.24) is 0 Å². The SMILES string of the molecule is CC1=CCC(O)(C(C)(C)O)CC1=O. The lowest BCUT2D eigenvalue weighted by atomic mass is 9.75. The van der Waals surface area contributed by atoms with Crippen molar-refractivity contribution >= 4 is 5.78 Å². The highest BCUT2D eigenvalue weighted by Crippen LogP contribution is 2.34. The van der Waals surface area contributed by atoms with Gasteiger partial charge >= 0.3 is 0 Å². The first-order valence-electron chi connectivity index (χ1n) is 4.41. The summed E-state index contributed by atoms with van der Waals surface area (Å²) in [6.07, 6.45) is 2.04. The molecular formula is C10H16O3. The Morgan fingerprint density at radius 3 is 2.46 bits per heavy atom. The second-order valence-electron chi connectivity index (χ2n) is 4.28. The monoisotopic (exact) mass is 184 g/mol. The number of allylic oxidation sites excluding steroid dienone is 1. The van der Waals surface area contributed by atoms with Crippen LogP contribution in [-0.2, 0) is 4.79 Å². The molecule has 0 saturated heterocycles. The van der Waals surface area contributed by atoms with Gasteiger partial charge in [-0.3, -0.25) is 4.79 Å². The molecule has 0 amide bonds. The van der Waals surface area contributed by atoms with Crippen LogP contribution in [0.3, 0.4) is 0 Å². The Morgan fingerprint density at radius 2 is 2.08 bits per heavy atom. The molecule has 0 aromatic carbocycles. The van der Waals surface area contributed by atoms with E-state index in [1.54, 1.807) is 13.0 Å². The van der Waals surface area contributed by atoms with E-state index < -0.39 is 11.2 Å². The van der Waals surface area contributed by atoms with Crippen molar-refractivity contribution in [1.29, 1.82) is 0 Å². The van der Waals surface area contributed by atoms with Crippen LogP contribution in [0.2, 0.25) is 0 Å². The summed E-state index contributed by atoms with van der Waals surface area (Å²) in [5.74, 6) is -0.0872. The smallest absolute Gasteiger partial charge is 0.161 e. The van der Waals surface area contributed by atoms with Gasteiger partial charge in [-0.15, -0.1) is 0 Å². The number of aliphatic hydroxyl groups is 2. The molecule has 0 fully saturated rings. The second-order valence-corrected chi connectivity index (χ2v) is 4.28. The van der Waals surface area contributed by atoms with Gasteiger partial charge in [0, 0.05) is 6.42 Å². The molecule has 0 aromatic rings. The normalized spacial score (nSPS) is 30.2. The van der Waals surface area contributed by atoms with Crippen molar-refractivity contribution in [2.75, 3.05) is 0 Å². The van der Waals surface area contributed by atoms with Crippen LogP contribution in [0.1, 0.15) is 33.6 Å². The highest BCUT2D eigenvalue weighted by molar-refractivity contribution is 5.96. The molecule has 0 radical (unpaired) electrons. The quantitative estimate of drug-likeness (QED) is 0.633. The predicted octanol–water partition coefficient (Wildman–Crippen LogP) is 0.798. The molecular weight excluding hydrogens is 168 g/mol. The molecule has 1 rings (SSSR count). The van der Waals surface area contributed by atoms with E-state index in [4.69, 9.17) is 0 Å². The zero-order chi connectivity index (χ0) is 10.3. The molecule has 1 aliphatic rings. The molecule has 2 N–H and O–H groups in total. The molecule has 0 aliphatic heterocycles. The molecule has 0 spiro atoms. The molecule has 1 atom stereocenters. The van der Waals surface area contributed by atoms with Crippen molar-refractivity contribution in [3.8, 4) is 0 Å². The maximum absolute atomic E-state index is 11.3. The van der Waals surface area contributed by atoms with Crippen LogP contribution in [0.15, 0.2) is 11.6 Å². The lowest BCUT2D eigenvalue weighted by Crippen LogP contribution is -2.52. The van der Waals surface area contributed by atoms with Crippen LogP contribution in [-0.4, -0.2) is 27.2 Å². The summed E-state index contributed by atoms with van der Waals surface area (Å²) in [5, 5.41) is 19.7. The lowest BCUT2D eigenvalue weighted by molar-refractivity contribution is -0.149. The fourth-order valence-electron chi connectivity index (χ4n) is 1.38. The molecule has 0 bridgehead atoms. The van der Waals surface area contributed by atoms with Gasteiger partial charge in [-0.1, -0.05) is 6.08 Å². The van der Waals surface area contributed by atoms with Gasteiger partial charge in [0.25, 0.3) is 0 Å². The largest absolute Gasteiger partial charge is 0.387 e. The van der Waals surface area contributed by atoms with Gasteiger partial charge in [-0.25, -0.2) is 0 Å². The number of carbonyl (C=O) groups is 1. The van der Waals surface area contributed by atoms with E-state index in [1.165, 1.54) is 13.8 Å². The first-order chi connectivity index (χ1) is 5.76. The van der Waals surface area contributed by atoms with Gasteiger partial charge in [-0.2, -0.15) is 0 Å². The number of rotatable bonds is 1. The summed E-state index contributed by atoms with van der Waals surface area (Å²) >= 11 is 0. The third kappa shape index (κ3) is 1.81. The Hall–Kier alpha value is -0.670. The maximum Gasteiger partial charge on any atom is 0.161 e. The summed E-state index contributed by atoms with van der Waals surface area (Å²) in [6.45, 7) is 4.77. The predicted molar refractivity (Wildman–Crippen MR) is 49.2 cm³/mol. The van der Waals surface area contributed by atoms with E-state index in [-0.39, 0.29) is 12.2 Å². The van der Waals surface area contributed by atoms with E-state index in [0.717, 1.165) is 0 Å². The average Bonchev–Trinajstić information content (AvgIpc) is 1.95. The minimum absolute atomic E-state index is 0.0127. The summed E-state index contributed by atoms with van der Waals surface area (Å²) in [6, 6.07) is 0. The topological polar surface area (TPSA) is 57.5 Å². The molecule has 1 unspecified atom stereocenters. The standard InChI is InChI=1S/C10H16O3/c1-7-4-5-10(13,6-8(7)11)9(2,3)12/h4,12-13H,5-6H2,1-3H3. The van der Waals surface area contributed by atoms with Crippen LogP contribution in [0, 0.1) is 0 Å². The van der Waals surface area contributed by atoms with Crippen LogP contribution in [0.5, 0.6) is 0 Å². The van der Waals surface area contributed by atoms with Crippen molar-refractivity contribution in [2.45, 2.75) is 44.8 Å². The zero-order valence-electron chi connectivity index (χ0n) is 8.29. The van der Waals surface area contributed by atoms with E-state index in [9.17, 15) is 15.0 Å². The summed E-state index contributed by atoms with van der Waals surface area (Å²) in [5.41, 5.74) is -1.86. The Bertz CT molecular complexity index is 260. The first-order valence-corrected chi connectivity index (χ1v) is 4.41. The van der Waals surface area contributed by atoms with Crippen LogP contribution in [0.4, 0.5) is 0 Å². The average molecular weight is 184 g/mol. The minimum atomic E-state index is -1.30. The second kappa shape index (κ2) is 2.93. The Labute approximate surface area is 78.1 Å². The maximum atomic E-state index is 11.3. The number of carbonyl (C=O) groups excluding carboxylic acids is 1. The molecule has 3 nitrogen and oxygen atoms in total. The molecule has 13 heavy (non-hydrogen) atoms. The van der Waals surface area contributed by atoms with Gasteiger partial charge in [0.2, 0.25) is 0 Å². The summed E-state index contributed by atoms with van der Waals surface area (Å²) < 4.78 is 0. The molecule has 74 valence electrons. The third-order valence-corrected chi connectivity index (χ3v) is 2.78. The molecule has 3 heteroatoms. The van der Waals surface area contributed by atoms with Gasteiger partial charge in [0.05, 0.1) is 5.60 Å². The fraction of sp³-hybridized carbons (Fsp3) is 0.700. The molecule has 0 aromatic heterocycles. The van der Waals surface area contributed by atoms with Gasteiger partial charge in [0.1, 0.15) is 5.60 Å². The van der Waals surface area contributed by atoms with Crippen molar-refractivity contribution in [3.05, 3.63) is 11.6 Å². The molecule has 1 aliphatic carbocycles. The molecule has 0 heterocycles. The van der Waals surface area contributed by atoms with Crippen LogP contribution < -0.4 is 0 Å². The van der Waals surface area contributed by atoms with Crippen molar-refractivity contribution < 1.29 is 15.0 Å². The number of hydrogen-bond acceptors (Lipinski definition) is 3. The number of Topliss-reactive ketones (excluding diaryl/α,β-unsaturated/α-hetero) is 1. The highest BCUT2D eigenvalue weighted by Gasteiger charge is 2.44. The van der Waals surface area contributed by atoms with Crippen molar-refractivity contribution in [3.63, 3.8) is 0 Å². The summed E-state index contributed by atoms with van der Waals surface area (Å²) in [4.78, 5) is 11.3. The van der Waals surface area contributed by atoms with Crippen molar-refractivity contribution in [2.24, 2.45) is 0 Å². The Kier molecular flexibility index (Phi) is 2.34. The van der Waals surface area contributed by atoms with E-state index >= 15 is 0 Å². The summed E-state index contributed by atoms with van der Waals surface area (Å²) in [7, 11) is 0. The first kappa shape index (κ1) is 10.4. The third-order valence-electron chi connectivity index (χ3n) is 2.78. The van der Waals surface area contributed by atoms with E-state index in [2.05, 4.69) is 0 Å². The zero-order valence-corrected chi connectivity index (χ0v) is 8.29. The van der Waals surface area contributed by atoms with Crippen LogP contribution >= 0.6 is 0 Å².